The molecule has 0 aliphatic heterocycles. The first kappa shape index (κ1) is 32.5. The molecule has 10 heteroatoms. The molecule has 3 rings (SSSR count). The quantitative estimate of drug-likeness (QED) is 0.447. The van der Waals surface area contributed by atoms with Gasteiger partial charge in [-0.15, -0.1) is 0 Å². The summed E-state index contributed by atoms with van der Waals surface area (Å²) in [6.45, 7) is 14.9. The van der Waals surface area contributed by atoms with E-state index in [0.29, 0.717) is 24.5 Å². The van der Waals surface area contributed by atoms with Gasteiger partial charge >= 0.3 is 0 Å². The van der Waals surface area contributed by atoms with Crippen molar-refractivity contribution in [3.63, 3.8) is 0 Å². The van der Waals surface area contributed by atoms with Gasteiger partial charge < -0.3 is 15.4 Å². The number of carbonyl (C=O) groups excluding carboxylic acids is 2. The third kappa shape index (κ3) is 11.7. The molecule has 0 unspecified atom stereocenters. The van der Waals surface area contributed by atoms with Crippen LogP contribution in [-0.2, 0) is 11.8 Å². The second kappa shape index (κ2) is 18.8. The fourth-order valence-corrected chi connectivity index (χ4v) is 2.62. The Labute approximate surface area is 215 Å². The SMILES string of the molecule is CC.CC.COCCNC(=O)c1ccn(C(C)C)n1.C[C@H](NC(=O)c1ccn(C)n1)c1ccccn1. The van der Waals surface area contributed by atoms with Crippen LogP contribution in [0.2, 0.25) is 0 Å². The number of aryl methyl sites for hydroxylation is 1. The molecule has 0 radical (unpaired) electrons. The van der Waals surface area contributed by atoms with Crippen molar-refractivity contribution in [3.8, 4) is 0 Å². The number of nitrogens with zero attached hydrogens (tertiary/aromatic N) is 5. The predicted octanol–water partition coefficient (Wildman–Crippen LogP) is 4.20. The Bertz CT molecular complexity index is 984. The van der Waals surface area contributed by atoms with E-state index in [4.69, 9.17) is 4.74 Å². The Morgan fingerprint density at radius 2 is 1.58 bits per heavy atom. The highest BCUT2D eigenvalue weighted by Gasteiger charge is 2.14. The molecular weight excluding hydrogens is 458 g/mol. The number of hydrogen-bond acceptors (Lipinski definition) is 6. The van der Waals surface area contributed by atoms with Crippen LogP contribution in [0.5, 0.6) is 0 Å². The van der Waals surface area contributed by atoms with Crippen LogP contribution in [0.4, 0.5) is 0 Å². The summed E-state index contributed by atoms with van der Waals surface area (Å²) >= 11 is 0. The molecule has 1 atom stereocenters. The predicted molar refractivity (Wildman–Crippen MR) is 143 cm³/mol. The van der Waals surface area contributed by atoms with E-state index < -0.39 is 0 Å². The van der Waals surface area contributed by atoms with E-state index in [1.54, 1.807) is 54.2 Å². The molecule has 0 fully saturated rings. The number of nitrogens with one attached hydrogen (secondary N) is 2. The van der Waals surface area contributed by atoms with Gasteiger partial charge in [-0.25, -0.2) is 0 Å². The molecule has 0 saturated carbocycles. The van der Waals surface area contributed by atoms with Crippen LogP contribution >= 0.6 is 0 Å². The van der Waals surface area contributed by atoms with Crippen molar-refractivity contribution >= 4 is 11.8 Å². The van der Waals surface area contributed by atoms with Crippen molar-refractivity contribution in [1.29, 1.82) is 0 Å². The van der Waals surface area contributed by atoms with Gasteiger partial charge in [0.1, 0.15) is 11.4 Å². The zero-order valence-electron chi connectivity index (χ0n) is 23.1. The fourth-order valence-electron chi connectivity index (χ4n) is 2.62. The first-order valence-corrected chi connectivity index (χ1v) is 12.4. The summed E-state index contributed by atoms with van der Waals surface area (Å²) < 4.78 is 8.18. The molecule has 36 heavy (non-hydrogen) atoms. The third-order valence-corrected chi connectivity index (χ3v) is 4.39. The highest BCUT2D eigenvalue weighted by molar-refractivity contribution is 5.92. The lowest BCUT2D eigenvalue weighted by atomic mass is 10.2. The maximum absolute atomic E-state index is 11.8. The molecule has 2 N–H and O–H groups in total. The molecule has 3 aromatic rings. The van der Waals surface area contributed by atoms with Crippen LogP contribution in [0.1, 0.15) is 87.2 Å². The van der Waals surface area contributed by atoms with E-state index in [9.17, 15) is 9.59 Å². The van der Waals surface area contributed by atoms with Gasteiger partial charge in [0.15, 0.2) is 0 Å². The van der Waals surface area contributed by atoms with Gasteiger partial charge in [-0.3, -0.25) is 23.9 Å². The number of ether oxygens (including phenoxy) is 1. The Balaban J connectivity index is 0.000000602. The molecule has 0 bridgehead atoms. The first-order valence-electron chi connectivity index (χ1n) is 12.4. The molecule has 2 amide bonds. The zero-order valence-corrected chi connectivity index (χ0v) is 23.1. The molecule has 0 aliphatic carbocycles. The number of amides is 2. The Hall–Kier alpha value is -3.53. The second-order valence-corrected chi connectivity index (χ2v) is 7.35. The average molecular weight is 502 g/mol. The van der Waals surface area contributed by atoms with Crippen LogP contribution < -0.4 is 10.6 Å². The normalized spacial score (nSPS) is 10.5. The molecule has 0 aromatic carbocycles. The van der Waals surface area contributed by atoms with Gasteiger partial charge in [-0.1, -0.05) is 33.8 Å². The molecule has 0 spiro atoms. The lowest BCUT2D eigenvalue weighted by Gasteiger charge is -2.11. The first-order chi connectivity index (χ1) is 17.3. The summed E-state index contributed by atoms with van der Waals surface area (Å²) in [6.07, 6.45) is 5.25. The molecule has 0 aliphatic rings. The smallest absolute Gasteiger partial charge is 0.272 e. The summed E-state index contributed by atoms with van der Waals surface area (Å²) in [5.41, 5.74) is 1.69. The summed E-state index contributed by atoms with van der Waals surface area (Å²) in [6, 6.07) is 9.14. The number of rotatable bonds is 8. The fraction of sp³-hybridized carbons (Fsp3) is 0.500. The minimum absolute atomic E-state index is 0.134. The van der Waals surface area contributed by atoms with Crippen molar-refractivity contribution in [3.05, 3.63) is 66.0 Å². The standard InChI is InChI=1S/C12H14N4O.C10H17N3O2.2C2H6/c1-9(10-5-3-4-7-13-10)14-12(17)11-6-8-16(2)15-11;1-8(2)13-6-4-9(12-13)10(14)11-5-7-15-3;2*1-2/h3-9H,1-2H3,(H,14,17);4,6,8H,5,7H2,1-3H3,(H,11,14);2*1-2H3/t9-;;;/m0.../s1. The third-order valence-electron chi connectivity index (χ3n) is 4.39. The van der Waals surface area contributed by atoms with E-state index in [2.05, 4.69) is 25.8 Å². The van der Waals surface area contributed by atoms with E-state index >= 15 is 0 Å². The summed E-state index contributed by atoms with van der Waals surface area (Å²) in [5, 5.41) is 13.8. The Morgan fingerprint density at radius 3 is 2.08 bits per heavy atom. The topological polar surface area (TPSA) is 116 Å². The number of pyridine rings is 1. The minimum Gasteiger partial charge on any atom is -0.383 e. The van der Waals surface area contributed by atoms with E-state index in [1.165, 1.54) is 0 Å². The molecule has 10 nitrogen and oxygen atoms in total. The van der Waals surface area contributed by atoms with Gasteiger partial charge in [0.2, 0.25) is 0 Å². The van der Waals surface area contributed by atoms with Crippen molar-refractivity contribution in [2.45, 2.75) is 60.5 Å². The Kier molecular flexibility index (Phi) is 16.9. The molecular formula is C26H43N7O3. The summed E-state index contributed by atoms with van der Waals surface area (Å²) in [7, 11) is 3.37. The van der Waals surface area contributed by atoms with Gasteiger partial charge in [-0.2, -0.15) is 10.2 Å². The molecule has 200 valence electrons. The van der Waals surface area contributed by atoms with Gasteiger partial charge in [0, 0.05) is 45.3 Å². The van der Waals surface area contributed by atoms with E-state index in [-0.39, 0.29) is 23.9 Å². The van der Waals surface area contributed by atoms with Crippen LogP contribution in [0.3, 0.4) is 0 Å². The zero-order chi connectivity index (χ0) is 27.5. The molecule has 3 aromatic heterocycles. The van der Waals surface area contributed by atoms with Crippen molar-refractivity contribution in [1.82, 2.24) is 35.2 Å². The maximum atomic E-state index is 11.8. The van der Waals surface area contributed by atoms with Gasteiger partial charge in [0.25, 0.3) is 11.8 Å². The molecule has 3 heterocycles. The van der Waals surface area contributed by atoms with Gasteiger partial charge in [-0.05, 0) is 45.0 Å². The van der Waals surface area contributed by atoms with Crippen LogP contribution in [0.15, 0.2) is 48.9 Å². The number of carbonyl (C=O) groups is 2. The second-order valence-electron chi connectivity index (χ2n) is 7.35. The summed E-state index contributed by atoms with van der Waals surface area (Å²) in [4.78, 5) is 27.5. The number of aromatic nitrogens is 5. The maximum Gasteiger partial charge on any atom is 0.272 e. The largest absolute Gasteiger partial charge is 0.383 e. The lowest BCUT2D eigenvalue weighted by Crippen LogP contribution is -2.27. The van der Waals surface area contributed by atoms with Crippen molar-refractivity contribution in [2.75, 3.05) is 20.3 Å². The highest BCUT2D eigenvalue weighted by atomic mass is 16.5. The average Bonchev–Trinajstić information content (AvgIpc) is 3.57. The Morgan fingerprint density at radius 1 is 0.944 bits per heavy atom. The van der Waals surface area contributed by atoms with Crippen LogP contribution in [0, 0.1) is 0 Å². The number of hydrogen-bond donors (Lipinski definition) is 2. The van der Waals surface area contributed by atoms with Crippen molar-refractivity contribution < 1.29 is 14.3 Å². The lowest BCUT2D eigenvalue weighted by molar-refractivity contribution is 0.0924. The number of methoxy groups -OCH3 is 1. The monoisotopic (exact) mass is 501 g/mol. The highest BCUT2D eigenvalue weighted by Crippen LogP contribution is 2.09. The summed E-state index contributed by atoms with van der Waals surface area (Å²) in [5.74, 6) is -0.352. The van der Waals surface area contributed by atoms with Crippen LogP contribution in [-0.4, -0.2) is 56.6 Å². The van der Waals surface area contributed by atoms with E-state index in [0.717, 1.165) is 5.69 Å². The molecule has 0 saturated heterocycles. The van der Waals surface area contributed by atoms with Gasteiger partial charge in [0.05, 0.1) is 18.3 Å². The van der Waals surface area contributed by atoms with Crippen LogP contribution in [0.25, 0.3) is 0 Å². The van der Waals surface area contributed by atoms with Crippen molar-refractivity contribution in [2.24, 2.45) is 7.05 Å². The van der Waals surface area contributed by atoms with E-state index in [1.807, 2.05) is 66.7 Å². The minimum atomic E-state index is -0.191.